The third kappa shape index (κ3) is 4.03. The number of hydrogen-bond donors (Lipinski definition) is 3. The number of nitrogens with one attached hydrogen (secondary N) is 1. The molecule has 1 fully saturated rings. The van der Waals surface area contributed by atoms with E-state index in [0.29, 0.717) is 13.2 Å². The van der Waals surface area contributed by atoms with Crippen LogP contribution in [0.3, 0.4) is 0 Å². The summed E-state index contributed by atoms with van der Waals surface area (Å²) in [6, 6.07) is -0.203. The van der Waals surface area contributed by atoms with Gasteiger partial charge in [0.25, 0.3) is 0 Å². The summed E-state index contributed by atoms with van der Waals surface area (Å²) >= 11 is 0. The minimum atomic E-state index is -0.256. The summed E-state index contributed by atoms with van der Waals surface area (Å²) in [5.74, 6) is 0. The average molecular weight is 218 g/mol. The Morgan fingerprint density at radius 3 is 2.53 bits per heavy atom. The fourth-order valence-electron chi connectivity index (χ4n) is 1.47. The average Bonchev–Trinajstić information content (AvgIpc) is 2.70. The molecule has 2 amide bonds. The van der Waals surface area contributed by atoms with Crippen molar-refractivity contribution in [2.75, 3.05) is 39.5 Å². The van der Waals surface area contributed by atoms with Crippen LogP contribution in [0.5, 0.6) is 0 Å². The van der Waals surface area contributed by atoms with Crippen LogP contribution in [-0.2, 0) is 4.74 Å². The molecule has 1 aliphatic heterocycles. The lowest BCUT2D eigenvalue weighted by Gasteiger charge is -2.23. The van der Waals surface area contributed by atoms with Crippen molar-refractivity contribution in [3.8, 4) is 0 Å². The van der Waals surface area contributed by atoms with Crippen molar-refractivity contribution in [1.82, 2.24) is 10.2 Å². The van der Waals surface area contributed by atoms with Crippen LogP contribution in [0.25, 0.3) is 0 Å². The van der Waals surface area contributed by atoms with E-state index in [-0.39, 0.29) is 38.4 Å². The Bertz CT molecular complexity index is 189. The second kappa shape index (κ2) is 6.60. The molecule has 1 atom stereocenters. The highest BCUT2D eigenvalue weighted by molar-refractivity contribution is 5.74. The number of aliphatic hydroxyl groups is 2. The molecule has 0 saturated carbocycles. The molecule has 6 heteroatoms. The van der Waals surface area contributed by atoms with E-state index in [0.717, 1.165) is 6.42 Å². The highest BCUT2D eigenvalue weighted by Gasteiger charge is 2.20. The molecular weight excluding hydrogens is 200 g/mol. The summed E-state index contributed by atoms with van der Waals surface area (Å²) in [5, 5.41) is 20.3. The maximum atomic E-state index is 11.6. The predicted octanol–water partition coefficient (Wildman–Crippen LogP) is -1.23. The molecule has 0 aromatic heterocycles. The number of hydrogen-bond acceptors (Lipinski definition) is 4. The van der Waals surface area contributed by atoms with Crippen LogP contribution in [0.15, 0.2) is 0 Å². The molecule has 0 aliphatic carbocycles. The van der Waals surface area contributed by atoms with Gasteiger partial charge in [-0.05, 0) is 6.42 Å². The van der Waals surface area contributed by atoms with Crippen molar-refractivity contribution in [3.05, 3.63) is 0 Å². The zero-order valence-corrected chi connectivity index (χ0v) is 8.69. The lowest BCUT2D eigenvalue weighted by Crippen LogP contribution is -2.47. The Morgan fingerprint density at radius 2 is 2.07 bits per heavy atom. The second-order valence-corrected chi connectivity index (χ2v) is 3.44. The zero-order chi connectivity index (χ0) is 11.1. The first-order valence-corrected chi connectivity index (χ1v) is 5.13. The topological polar surface area (TPSA) is 82.0 Å². The first-order valence-electron chi connectivity index (χ1n) is 5.13. The van der Waals surface area contributed by atoms with Crippen LogP contribution in [0.4, 0.5) is 4.79 Å². The summed E-state index contributed by atoms with van der Waals surface area (Å²) < 4.78 is 5.13. The van der Waals surface area contributed by atoms with Gasteiger partial charge in [-0.25, -0.2) is 4.79 Å². The van der Waals surface area contributed by atoms with Crippen molar-refractivity contribution in [2.45, 2.75) is 12.5 Å². The van der Waals surface area contributed by atoms with E-state index in [2.05, 4.69) is 5.32 Å². The maximum absolute atomic E-state index is 11.6. The van der Waals surface area contributed by atoms with Crippen LogP contribution >= 0.6 is 0 Å². The van der Waals surface area contributed by atoms with Gasteiger partial charge in [-0.15, -0.1) is 0 Å². The second-order valence-electron chi connectivity index (χ2n) is 3.44. The lowest BCUT2D eigenvalue weighted by molar-refractivity contribution is 0.152. The Hall–Kier alpha value is -0.850. The van der Waals surface area contributed by atoms with Gasteiger partial charge in [-0.3, -0.25) is 0 Å². The molecule has 0 aromatic rings. The highest BCUT2D eigenvalue weighted by atomic mass is 16.5. The van der Waals surface area contributed by atoms with Crippen LogP contribution in [0, 0.1) is 0 Å². The molecular formula is C9H18N2O4. The van der Waals surface area contributed by atoms with E-state index in [4.69, 9.17) is 14.9 Å². The maximum Gasteiger partial charge on any atom is 0.317 e. The Labute approximate surface area is 88.8 Å². The number of nitrogens with zero attached hydrogens (tertiary/aromatic N) is 1. The molecule has 0 spiro atoms. The SMILES string of the molecule is O=C(NC1CCOC1)N(CCO)CCO. The fourth-order valence-corrected chi connectivity index (χ4v) is 1.47. The quantitative estimate of drug-likeness (QED) is 0.540. The molecule has 0 aromatic carbocycles. The Balaban J connectivity index is 2.33. The van der Waals surface area contributed by atoms with Gasteiger partial charge in [0.2, 0.25) is 0 Å². The molecule has 1 rings (SSSR count). The molecule has 1 saturated heterocycles. The predicted molar refractivity (Wildman–Crippen MR) is 53.5 cm³/mol. The molecule has 0 bridgehead atoms. The van der Waals surface area contributed by atoms with E-state index in [9.17, 15) is 4.79 Å². The standard InChI is InChI=1S/C9H18N2O4/c12-4-2-11(3-5-13)9(14)10-8-1-6-15-7-8/h8,12-13H,1-7H2,(H,10,14). The fraction of sp³-hybridized carbons (Fsp3) is 0.889. The van der Waals surface area contributed by atoms with Gasteiger partial charge in [0, 0.05) is 19.7 Å². The third-order valence-electron chi connectivity index (χ3n) is 2.28. The molecule has 1 heterocycles. The molecule has 1 aliphatic rings. The summed E-state index contributed by atoms with van der Waals surface area (Å²) in [5.41, 5.74) is 0. The van der Waals surface area contributed by atoms with Crippen molar-refractivity contribution in [3.63, 3.8) is 0 Å². The lowest BCUT2D eigenvalue weighted by atomic mass is 10.3. The van der Waals surface area contributed by atoms with Crippen LogP contribution in [0.2, 0.25) is 0 Å². The largest absolute Gasteiger partial charge is 0.395 e. The highest BCUT2D eigenvalue weighted by Crippen LogP contribution is 2.04. The molecule has 0 radical (unpaired) electrons. The smallest absolute Gasteiger partial charge is 0.317 e. The van der Waals surface area contributed by atoms with Crippen LogP contribution in [0.1, 0.15) is 6.42 Å². The van der Waals surface area contributed by atoms with Gasteiger partial charge in [0.05, 0.1) is 25.9 Å². The minimum Gasteiger partial charge on any atom is -0.395 e. The van der Waals surface area contributed by atoms with Gasteiger partial charge >= 0.3 is 6.03 Å². The van der Waals surface area contributed by atoms with Gasteiger partial charge in [0.1, 0.15) is 0 Å². The van der Waals surface area contributed by atoms with Crippen molar-refractivity contribution in [1.29, 1.82) is 0 Å². The summed E-state index contributed by atoms with van der Waals surface area (Å²) in [6.45, 7) is 1.48. The van der Waals surface area contributed by atoms with E-state index >= 15 is 0 Å². The zero-order valence-electron chi connectivity index (χ0n) is 8.69. The van der Waals surface area contributed by atoms with E-state index in [1.54, 1.807) is 0 Å². The normalized spacial score (nSPS) is 20.3. The van der Waals surface area contributed by atoms with Crippen molar-refractivity contribution in [2.24, 2.45) is 0 Å². The number of ether oxygens (including phenoxy) is 1. The molecule has 1 unspecified atom stereocenters. The molecule has 88 valence electrons. The van der Waals surface area contributed by atoms with Gasteiger partial charge in [-0.2, -0.15) is 0 Å². The number of rotatable bonds is 5. The monoisotopic (exact) mass is 218 g/mol. The molecule has 15 heavy (non-hydrogen) atoms. The number of aliphatic hydroxyl groups excluding tert-OH is 2. The molecule has 3 N–H and O–H groups in total. The van der Waals surface area contributed by atoms with Crippen molar-refractivity contribution >= 4 is 6.03 Å². The first kappa shape index (κ1) is 12.2. The number of amides is 2. The van der Waals surface area contributed by atoms with Gasteiger partial charge in [-0.1, -0.05) is 0 Å². The third-order valence-corrected chi connectivity index (χ3v) is 2.28. The Kier molecular flexibility index (Phi) is 5.38. The first-order chi connectivity index (χ1) is 7.27. The molecule has 6 nitrogen and oxygen atoms in total. The Morgan fingerprint density at radius 1 is 1.40 bits per heavy atom. The van der Waals surface area contributed by atoms with Crippen LogP contribution in [-0.4, -0.2) is 66.7 Å². The summed E-state index contributed by atoms with van der Waals surface area (Å²) in [7, 11) is 0. The van der Waals surface area contributed by atoms with Crippen molar-refractivity contribution < 1.29 is 19.7 Å². The van der Waals surface area contributed by atoms with Gasteiger partial charge < -0.3 is 25.2 Å². The number of urea groups is 1. The minimum absolute atomic E-state index is 0.0531. The van der Waals surface area contributed by atoms with Crippen LogP contribution < -0.4 is 5.32 Å². The van der Waals surface area contributed by atoms with E-state index in [1.165, 1.54) is 4.90 Å². The van der Waals surface area contributed by atoms with E-state index < -0.39 is 0 Å². The van der Waals surface area contributed by atoms with E-state index in [1.807, 2.05) is 0 Å². The number of carbonyl (C=O) groups is 1. The summed E-state index contributed by atoms with van der Waals surface area (Å²) in [6.07, 6.45) is 0.817. The number of carbonyl (C=O) groups excluding carboxylic acids is 1. The summed E-state index contributed by atoms with van der Waals surface area (Å²) in [4.78, 5) is 13.0. The van der Waals surface area contributed by atoms with Gasteiger partial charge in [0.15, 0.2) is 0 Å².